The lowest BCUT2D eigenvalue weighted by Crippen LogP contribution is -2.30. The molecule has 9 nitrogen and oxygen atoms in total. The number of hydrogen-bond donors (Lipinski definition) is 2. The Morgan fingerprint density at radius 2 is 1.51 bits per heavy atom. The molecule has 2 heterocycles. The average molecular weight is 529 g/mol. The van der Waals surface area contributed by atoms with Crippen LogP contribution in [0.1, 0.15) is 73.5 Å². The molecular weight excluding hydrogens is 496 g/mol. The number of Topliss-reactive ketones (excluding diaryl/α,β-unsaturated/α-hetero) is 1. The number of hydroxylamine groups is 1. The van der Waals surface area contributed by atoms with Gasteiger partial charge in [-0.3, -0.25) is 24.8 Å². The summed E-state index contributed by atoms with van der Waals surface area (Å²) >= 11 is 0. The van der Waals surface area contributed by atoms with E-state index in [1.165, 1.54) is 4.90 Å². The number of carboxylic acids is 1. The minimum atomic E-state index is -1.19. The van der Waals surface area contributed by atoms with Crippen molar-refractivity contribution in [3.63, 3.8) is 0 Å². The summed E-state index contributed by atoms with van der Waals surface area (Å²) in [6.07, 6.45) is 0. The molecule has 2 N–H and O–H groups in total. The molecule has 2 aromatic carbocycles. The maximum Gasteiger partial charge on any atom is 0.332 e. The number of carbonyl (C=O) groups excluding carboxylic acids is 2. The van der Waals surface area contributed by atoms with Crippen LogP contribution in [0.5, 0.6) is 0 Å². The van der Waals surface area contributed by atoms with E-state index in [4.69, 9.17) is 9.94 Å². The molecule has 9 heteroatoms. The molecule has 1 aliphatic heterocycles. The fourth-order valence-corrected chi connectivity index (χ4v) is 4.46. The first-order chi connectivity index (χ1) is 18.6. The molecule has 1 fully saturated rings. The highest BCUT2D eigenvalue weighted by Crippen LogP contribution is 2.42. The van der Waals surface area contributed by atoms with Crippen molar-refractivity contribution in [3.8, 4) is 0 Å². The van der Waals surface area contributed by atoms with Crippen LogP contribution in [0, 0.1) is 6.92 Å². The van der Waals surface area contributed by atoms with E-state index in [2.05, 4.69) is 43.4 Å². The highest BCUT2D eigenvalue weighted by atomic mass is 16.7. The van der Waals surface area contributed by atoms with Crippen molar-refractivity contribution in [2.24, 2.45) is 0 Å². The number of benzene rings is 2. The van der Waals surface area contributed by atoms with Crippen LogP contribution in [0.15, 0.2) is 66.2 Å². The lowest BCUT2D eigenvalue weighted by molar-refractivity contribution is -0.143. The second kappa shape index (κ2) is 11.6. The predicted molar refractivity (Wildman–Crippen MR) is 147 cm³/mol. The smallest absolute Gasteiger partial charge is 0.332 e. The second-order valence-electron chi connectivity index (χ2n) is 10.1. The van der Waals surface area contributed by atoms with E-state index in [0.717, 1.165) is 11.1 Å². The molecule has 1 saturated heterocycles. The van der Waals surface area contributed by atoms with E-state index in [9.17, 15) is 14.4 Å². The lowest BCUT2D eigenvalue weighted by atomic mass is 9.92. The largest absolute Gasteiger partial charge is 0.479 e. The number of nitrogens with zero attached hydrogens (tertiary/aromatic N) is 3. The Labute approximate surface area is 227 Å². The molecule has 3 aromatic rings. The van der Waals surface area contributed by atoms with E-state index in [1.807, 2.05) is 48.5 Å². The van der Waals surface area contributed by atoms with Gasteiger partial charge in [0.15, 0.2) is 12.4 Å². The SMILES string of the molecule is Cc1ccc(N2C(=O)C(=O)C(=C(NOCC(=O)O)c3ccc(C(C)C)cc3)C2c2ccc(C(C)C)cc2)nn1. The Hall–Kier alpha value is -4.37. The molecule has 0 radical (unpaired) electrons. The summed E-state index contributed by atoms with van der Waals surface area (Å²) in [5, 5.41) is 17.4. The predicted octanol–water partition coefficient (Wildman–Crippen LogP) is 4.71. The lowest BCUT2D eigenvalue weighted by Gasteiger charge is -2.25. The van der Waals surface area contributed by atoms with Crippen LogP contribution in [0.25, 0.3) is 5.70 Å². The topological polar surface area (TPSA) is 122 Å². The Morgan fingerprint density at radius 1 is 0.923 bits per heavy atom. The van der Waals surface area contributed by atoms with Gasteiger partial charge in [-0.15, -0.1) is 5.10 Å². The first-order valence-corrected chi connectivity index (χ1v) is 12.8. The fourth-order valence-electron chi connectivity index (χ4n) is 4.46. The first kappa shape index (κ1) is 27.7. The van der Waals surface area contributed by atoms with Gasteiger partial charge in [-0.25, -0.2) is 4.79 Å². The molecule has 1 aliphatic rings. The van der Waals surface area contributed by atoms with Crippen molar-refractivity contribution in [2.45, 2.75) is 52.5 Å². The number of aryl methyl sites for hydroxylation is 1. The minimum Gasteiger partial charge on any atom is -0.479 e. The van der Waals surface area contributed by atoms with E-state index < -0.39 is 30.3 Å². The van der Waals surface area contributed by atoms with Crippen LogP contribution in [-0.2, 0) is 19.2 Å². The van der Waals surface area contributed by atoms with Gasteiger partial charge in [0, 0.05) is 5.56 Å². The van der Waals surface area contributed by atoms with Gasteiger partial charge in [0.1, 0.15) is 0 Å². The Bertz CT molecular complexity index is 1390. The number of aliphatic carboxylic acids is 1. The van der Waals surface area contributed by atoms with E-state index >= 15 is 0 Å². The normalized spacial score (nSPS) is 16.8. The van der Waals surface area contributed by atoms with Gasteiger partial charge in [0.25, 0.3) is 5.78 Å². The van der Waals surface area contributed by atoms with Crippen LogP contribution < -0.4 is 10.4 Å². The molecule has 1 unspecified atom stereocenters. The number of anilines is 1. The molecular formula is C30H32N4O5. The number of nitrogens with one attached hydrogen (secondary N) is 1. The average Bonchev–Trinajstić information content (AvgIpc) is 3.17. The van der Waals surface area contributed by atoms with Gasteiger partial charge >= 0.3 is 11.9 Å². The molecule has 0 bridgehead atoms. The summed E-state index contributed by atoms with van der Waals surface area (Å²) in [5.41, 5.74) is 7.14. The summed E-state index contributed by atoms with van der Waals surface area (Å²) in [5.74, 6) is -1.90. The number of carbonyl (C=O) groups is 3. The van der Waals surface area contributed by atoms with Gasteiger partial charge in [-0.2, -0.15) is 5.10 Å². The third kappa shape index (κ3) is 5.88. The number of ketones is 1. The zero-order valence-corrected chi connectivity index (χ0v) is 22.6. The standard InChI is InChI=1S/C30H32N4O5/c1-17(2)20-7-11-22(12-8-20)27(33-39-16-25(35)36)26-28(23-13-9-21(10-14-23)18(3)4)34(30(38)29(26)37)24-15-6-19(5)31-32-24/h6-15,17-18,28,33H,16H2,1-5H3,(H,35,36). The minimum absolute atomic E-state index is 0.127. The zero-order valence-electron chi connectivity index (χ0n) is 22.6. The van der Waals surface area contributed by atoms with Crippen LogP contribution >= 0.6 is 0 Å². The van der Waals surface area contributed by atoms with Crippen molar-refractivity contribution in [1.29, 1.82) is 0 Å². The Kier molecular flexibility index (Phi) is 8.21. The Morgan fingerprint density at radius 3 is 2.03 bits per heavy atom. The van der Waals surface area contributed by atoms with Gasteiger partial charge in [0.05, 0.1) is 23.0 Å². The van der Waals surface area contributed by atoms with E-state index in [-0.39, 0.29) is 23.0 Å². The summed E-state index contributed by atoms with van der Waals surface area (Å²) in [4.78, 5) is 45.0. The number of aromatic nitrogens is 2. The van der Waals surface area contributed by atoms with Crippen LogP contribution in [0.4, 0.5) is 5.82 Å². The van der Waals surface area contributed by atoms with Gasteiger partial charge in [-0.05, 0) is 47.6 Å². The molecule has 0 aliphatic carbocycles. The number of carboxylic acid groups (broad SMARTS) is 1. The molecule has 1 atom stereocenters. The Balaban J connectivity index is 1.94. The maximum atomic E-state index is 13.7. The molecule has 202 valence electrons. The highest BCUT2D eigenvalue weighted by Gasteiger charge is 2.47. The summed E-state index contributed by atoms with van der Waals surface area (Å²) in [6, 6.07) is 17.7. The van der Waals surface area contributed by atoms with E-state index in [1.54, 1.807) is 19.1 Å². The highest BCUT2D eigenvalue weighted by molar-refractivity contribution is 6.51. The molecule has 0 spiro atoms. The monoisotopic (exact) mass is 528 g/mol. The van der Waals surface area contributed by atoms with Crippen molar-refractivity contribution in [3.05, 3.63) is 94.2 Å². The third-order valence-corrected chi connectivity index (χ3v) is 6.64. The maximum absolute atomic E-state index is 13.7. The van der Waals surface area contributed by atoms with Gasteiger partial charge in [-0.1, -0.05) is 76.2 Å². The summed E-state index contributed by atoms with van der Waals surface area (Å²) in [6.45, 7) is 9.44. The number of rotatable bonds is 9. The van der Waals surface area contributed by atoms with Crippen LogP contribution in [-0.4, -0.2) is 39.6 Å². The third-order valence-electron chi connectivity index (χ3n) is 6.64. The molecule has 39 heavy (non-hydrogen) atoms. The van der Waals surface area contributed by atoms with Crippen molar-refractivity contribution in [1.82, 2.24) is 15.7 Å². The van der Waals surface area contributed by atoms with Crippen molar-refractivity contribution < 1.29 is 24.3 Å². The first-order valence-electron chi connectivity index (χ1n) is 12.8. The number of amides is 1. The molecule has 1 amide bonds. The second-order valence-corrected chi connectivity index (χ2v) is 10.1. The molecule has 1 aromatic heterocycles. The van der Waals surface area contributed by atoms with Crippen LogP contribution in [0.3, 0.4) is 0 Å². The molecule has 4 rings (SSSR count). The van der Waals surface area contributed by atoms with Crippen LogP contribution in [0.2, 0.25) is 0 Å². The van der Waals surface area contributed by atoms with E-state index in [0.29, 0.717) is 22.7 Å². The van der Waals surface area contributed by atoms with Crippen molar-refractivity contribution >= 4 is 29.2 Å². The number of hydrogen-bond acceptors (Lipinski definition) is 7. The molecule has 0 saturated carbocycles. The quantitative estimate of drug-likeness (QED) is 0.233. The fraction of sp³-hybridized carbons (Fsp3) is 0.300. The van der Waals surface area contributed by atoms with Crippen molar-refractivity contribution in [2.75, 3.05) is 11.5 Å². The zero-order chi connectivity index (χ0) is 28.3. The van der Waals surface area contributed by atoms with Gasteiger partial charge < -0.3 is 5.11 Å². The summed E-state index contributed by atoms with van der Waals surface area (Å²) < 4.78 is 0. The summed E-state index contributed by atoms with van der Waals surface area (Å²) in [7, 11) is 0. The van der Waals surface area contributed by atoms with Gasteiger partial charge in [0.2, 0.25) is 0 Å².